The number of anilines is 1. The lowest BCUT2D eigenvalue weighted by molar-refractivity contribution is -0.128. The molecular formula is C12H17N3O3. The first-order valence-corrected chi connectivity index (χ1v) is 6.04. The maximum absolute atomic E-state index is 11.9. The van der Waals surface area contributed by atoms with Crippen LogP contribution in [0, 0.1) is 0 Å². The predicted octanol–water partition coefficient (Wildman–Crippen LogP) is -0.205. The summed E-state index contributed by atoms with van der Waals surface area (Å²) < 4.78 is 6.89. The van der Waals surface area contributed by atoms with Gasteiger partial charge in [-0.1, -0.05) is 0 Å². The van der Waals surface area contributed by atoms with E-state index in [2.05, 4.69) is 10.6 Å². The SMILES string of the molecule is CCn1cc(NC(=O)C2CNCCO2)ccc1=O. The van der Waals surface area contributed by atoms with E-state index in [-0.39, 0.29) is 11.5 Å². The van der Waals surface area contributed by atoms with Crippen LogP contribution in [-0.4, -0.2) is 36.3 Å². The van der Waals surface area contributed by atoms with Crippen LogP contribution in [0.4, 0.5) is 5.69 Å². The molecular weight excluding hydrogens is 234 g/mol. The van der Waals surface area contributed by atoms with Crippen molar-refractivity contribution in [2.75, 3.05) is 25.0 Å². The molecule has 0 saturated carbocycles. The smallest absolute Gasteiger partial charge is 0.254 e. The number of amides is 1. The topological polar surface area (TPSA) is 72.4 Å². The van der Waals surface area contributed by atoms with Gasteiger partial charge in [-0.3, -0.25) is 9.59 Å². The summed E-state index contributed by atoms with van der Waals surface area (Å²) >= 11 is 0. The fourth-order valence-corrected chi connectivity index (χ4v) is 1.81. The fourth-order valence-electron chi connectivity index (χ4n) is 1.81. The molecule has 18 heavy (non-hydrogen) atoms. The number of aryl methyl sites for hydroxylation is 1. The molecule has 1 saturated heterocycles. The number of nitrogens with zero attached hydrogens (tertiary/aromatic N) is 1. The van der Waals surface area contributed by atoms with E-state index in [4.69, 9.17) is 4.74 Å². The van der Waals surface area contributed by atoms with Crippen LogP contribution in [-0.2, 0) is 16.1 Å². The second-order valence-corrected chi connectivity index (χ2v) is 4.09. The van der Waals surface area contributed by atoms with E-state index in [9.17, 15) is 9.59 Å². The average Bonchev–Trinajstić information content (AvgIpc) is 2.42. The first-order valence-electron chi connectivity index (χ1n) is 6.04. The van der Waals surface area contributed by atoms with Gasteiger partial charge in [0.05, 0.1) is 12.3 Å². The number of carbonyl (C=O) groups is 1. The van der Waals surface area contributed by atoms with Crippen molar-refractivity contribution in [2.45, 2.75) is 19.6 Å². The molecule has 1 amide bonds. The summed E-state index contributed by atoms with van der Waals surface area (Å²) in [4.78, 5) is 23.3. The molecule has 1 aliphatic rings. The van der Waals surface area contributed by atoms with Gasteiger partial charge in [0.1, 0.15) is 6.10 Å². The van der Waals surface area contributed by atoms with Crippen molar-refractivity contribution < 1.29 is 9.53 Å². The second kappa shape index (κ2) is 5.79. The van der Waals surface area contributed by atoms with Gasteiger partial charge in [-0.15, -0.1) is 0 Å². The summed E-state index contributed by atoms with van der Waals surface area (Å²) in [6.07, 6.45) is 1.16. The highest BCUT2D eigenvalue weighted by molar-refractivity contribution is 5.94. The Kier molecular flexibility index (Phi) is 4.11. The predicted molar refractivity (Wildman–Crippen MR) is 67.6 cm³/mol. The van der Waals surface area contributed by atoms with Crippen molar-refractivity contribution >= 4 is 11.6 Å². The zero-order valence-corrected chi connectivity index (χ0v) is 10.3. The molecule has 0 spiro atoms. The largest absolute Gasteiger partial charge is 0.366 e. The first kappa shape index (κ1) is 12.8. The van der Waals surface area contributed by atoms with Crippen LogP contribution in [0.3, 0.4) is 0 Å². The molecule has 0 bridgehead atoms. The Morgan fingerprint density at radius 1 is 1.61 bits per heavy atom. The Morgan fingerprint density at radius 2 is 2.44 bits per heavy atom. The molecule has 1 atom stereocenters. The zero-order chi connectivity index (χ0) is 13.0. The normalized spacial score (nSPS) is 19.5. The van der Waals surface area contributed by atoms with Gasteiger partial charge in [-0.25, -0.2) is 0 Å². The van der Waals surface area contributed by atoms with Crippen LogP contribution in [0.5, 0.6) is 0 Å². The van der Waals surface area contributed by atoms with Crippen molar-refractivity contribution in [3.63, 3.8) is 0 Å². The van der Waals surface area contributed by atoms with Crippen LogP contribution < -0.4 is 16.2 Å². The molecule has 2 rings (SSSR count). The quantitative estimate of drug-likeness (QED) is 0.780. The summed E-state index contributed by atoms with van der Waals surface area (Å²) in [6, 6.07) is 3.04. The van der Waals surface area contributed by atoms with Gasteiger partial charge in [0, 0.05) is 31.9 Å². The molecule has 2 N–H and O–H groups in total. The number of ether oxygens (including phenoxy) is 1. The van der Waals surface area contributed by atoms with E-state index in [0.29, 0.717) is 25.4 Å². The second-order valence-electron chi connectivity index (χ2n) is 4.09. The maximum atomic E-state index is 11.9. The van der Waals surface area contributed by atoms with Crippen LogP contribution in [0.2, 0.25) is 0 Å². The minimum absolute atomic E-state index is 0.0777. The number of carbonyl (C=O) groups excluding carboxylic acids is 1. The number of morpholine rings is 1. The molecule has 0 aliphatic carbocycles. The van der Waals surface area contributed by atoms with Gasteiger partial charge < -0.3 is 19.9 Å². The first-order chi connectivity index (χ1) is 8.70. The lowest BCUT2D eigenvalue weighted by atomic mass is 10.3. The van der Waals surface area contributed by atoms with Gasteiger partial charge in [0.2, 0.25) is 0 Å². The number of rotatable bonds is 3. The van der Waals surface area contributed by atoms with Gasteiger partial charge in [-0.05, 0) is 13.0 Å². The third kappa shape index (κ3) is 2.96. The van der Waals surface area contributed by atoms with Crippen molar-refractivity contribution in [3.8, 4) is 0 Å². The summed E-state index contributed by atoms with van der Waals surface area (Å²) in [5, 5.41) is 5.84. The highest BCUT2D eigenvalue weighted by Gasteiger charge is 2.21. The molecule has 2 heterocycles. The van der Waals surface area contributed by atoms with Crippen LogP contribution in [0.15, 0.2) is 23.1 Å². The van der Waals surface area contributed by atoms with Crippen molar-refractivity contribution in [1.82, 2.24) is 9.88 Å². The average molecular weight is 251 g/mol. The fraction of sp³-hybridized carbons (Fsp3) is 0.500. The summed E-state index contributed by atoms with van der Waals surface area (Å²) in [7, 11) is 0. The Hall–Kier alpha value is -1.66. The Morgan fingerprint density at radius 3 is 3.11 bits per heavy atom. The number of pyridine rings is 1. The number of aromatic nitrogens is 1. The lowest BCUT2D eigenvalue weighted by Crippen LogP contribution is -2.45. The van der Waals surface area contributed by atoms with Crippen molar-refractivity contribution in [3.05, 3.63) is 28.7 Å². The van der Waals surface area contributed by atoms with Gasteiger partial charge >= 0.3 is 0 Å². The summed E-state index contributed by atoms with van der Waals surface area (Å²) in [6.45, 7) is 4.27. The summed E-state index contributed by atoms with van der Waals surface area (Å²) in [5.41, 5.74) is 0.529. The van der Waals surface area contributed by atoms with Crippen LogP contribution in [0.1, 0.15) is 6.92 Å². The highest BCUT2D eigenvalue weighted by atomic mass is 16.5. The van der Waals surface area contributed by atoms with E-state index in [0.717, 1.165) is 6.54 Å². The Labute approximate surface area is 105 Å². The molecule has 0 aromatic carbocycles. The standard InChI is InChI=1S/C12H17N3O3/c1-2-15-8-9(3-4-11(15)16)14-12(17)10-7-13-5-6-18-10/h3-4,8,10,13H,2,5-7H2,1H3,(H,14,17). The van der Waals surface area contributed by atoms with Gasteiger partial charge in [0.15, 0.2) is 0 Å². The molecule has 98 valence electrons. The molecule has 1 aromatic heterocycles. The third-order valence-corrected chi connectivity index (χ3v) is 2.81. The molecule has 0 radical (unpaired) electrons. The number of nitrogens with one attached hydrogen (secondary N) is 2. The molecule has 6 heteroatoms. The Balaban J connectivity index is 2.04. The van der Waals surface area contributed by atoms with Crippen LogP contribution in [0.25, 0.3) is 0 Å². The zero-order valence-electron chi connectivity index (χ0n) is 10.3. The third-order valence-electron chi connectivity index (χ3n) is 2.81. The van der Waals surface area contributed by atoms with E-state index in [1.54, 1.807) is 12.3 Å². The van der Waals surface area contributed by atoms with Gasteiger partial charge in [0.25, 0.3) is 11.5 Å². The van der Waals surface area contributed by atoms with Crippen molar-refractivity contribution in [2.24, 2.45) is 0 Å². The summed E-state index contributed by atoms with van der Waals surface area (Å²) in [5.74, 6) is -0.191. The molecule has 1 unspecified atom stereocenters. The number of hydrogen-bond donors (Lipinski definition) is 2. The van der Waals surface area contributed by atoms with E-state index in [1.807, 2.05) is 6.92 Å². The molecule has 1 aromatic rings. The molecule has 1 fully saturated rings. The van der Waals surface area contributed by atoms with Crippen LogP contribution >= 0.6 is 0 Å². The van der Waals surface area contributed by atoms with Gasteiger partial charge in [-0.2, -0.15) is 0 Å². The monoisotopic (exact) mass is 251 g/mol. The molecule has 6 nitrogen and oxygen atoms in total. The van der Waals surface area contributed by atoms with E-state index in [1.165, 1.54) is 10.6 Å². The Bertz CT molecular complexity index is 478. The minimum Gasteiger partial charge on any atom is -0.366 e. The van der Waals surface area contributed by atoms with E-state index >= 15 is 0 Å². The maximum Gasteiger partial charge on any atom is 0.254 e. The van der Waals surface area contributed by atoms with Crippen molar-refractivity contribution in [1.29, 1.82) is 0 Å². The number of hydrogen-bond acceptors (Lipinski definition) is 4. The minimum atomic E-state index is -0.472. The highest BCUT2D eigenvalue weighted by Crippen LogP contribution is 2.06. The van der Waals surface area contributed by atoms with E-state index < -0.39 is 6.10 Å². The molecule has 1 aliphatic heterocycles. The lowest BCUT2D eigenvalue weighted by Gasteiger charge is -2.22.